The number of rotatable bonds is 4. The monoisotopic (exact) mass is 298 g/mol. The van der Waals surface area contributed by atoms with Crippen molar-refractivity contribution in [1.29, 1.82) is 0 Å². The van der Waals surface area contributed by atoms with E-state index in [0.717, 1.165) is 10.0 Å². The SMILES string of the molecule is CNC(C)(C)C(=O)N[C@@H](C)c1ccc(Br)cc1. The number of carbonyl (C=O) groups excluding carboxylic acids is 1. The molecule has 0 saturated carbocycles. The molecule has 4 heteroatoms. The Hall–Kier alpha value is -0.870. The first kappa shape index (κ1) is 14.2. The van der Waals surface area contributed by atoms with E-state index in [4.69, 9.17) is 0 Å². The Morgan fingerprint density at radius 2 is 1.82 bits per heavy atom. The van der Waals surface area contributed by atoms with Crippen molar-refractivity contribution in [3.63, 3.8) is 0 Å². The number of amides is 1. The average Bonchev–Trinajstić information content (AvgIpc) is 2.29. The summed E-state index contributed by atoms with van der Waals surface area (Å²) in [6.07, 6.45) is 0. The highest BCUT2D eigenvalue weighted by atomic mass is 79.9. The molecule has 3 nitrogen and oxygen atoms in total. The quantitative estimate of drug-likeness (QED) is 0.897. The Labute approximate surface area is 111 Å². The number of benzene rings is 1. The fraction of sp³-hybridized carbons (Fsp3) is 0.462. The van der Waals surface area contributed by atoms with Gasteiger partial charge in [-0.2, -0.15) is 0 Å². The van der Waals surface area contributed by atoms with Crippen LogP contribution in [0.4, 0.5) is 0 Å². The average molecular weight is 299 g/mol. The molecular weight excluding hydrogens is 280 g/mol. The smallest absolute Gasteiger partial charge is 0.240 e. The molecule has 1 aromatic rings. The second-order valence-corrected chi connectivity index (χ2v) is 5.54. The molecule has 0 saturated heterocycles. The first-order valence-corrected chi connectivity index (χ1v) is 6.41. The van der Waals surface area contributed by atoms with E-state index >= 15 is 0 Å². The van der Waals surface area contributed by atoms with Crippen molar-refractivity contribution >= 4 is 21.8 Å². The van der Waals surface area contributed by atoms with Crippen LogP contribution >= 0.6 is 15.9 Å². The van der Waals surface area contributed by atoms with Crippen LogP contribution < -0.4 is 10.6 Å². The number of halogens is 1. The lowest BCUT2D eigenvalue weighted by atomic mass is 10.0. The van der Waals surface area contributed by atoms with Crippen LogP contribution in [0.3, 0.4) is 0 Å². The summed E-state index contributed by atoms with van der Waals surface area (Å²) in [7, 11) is 1.78. The van der Waals surface area contributed by atoms with Crippen LogP contribution in [0, 0.1) is 0 Å². The Balaban J connectivity index is 2.70. The van der Waals surface area contributed by atoms with Crippen molar-refractivity contribution in [2.24, 2.45) is 0 Å². The Bertz CT molecular complexity index is 387. The summed E-state index contributed by atoms with van der Waals surface area (Å²) in [4.78, 5) is 12.0. The van der Waals surface area contributed by atoms with Gasteiger partial charge in [0.25, 0.3) is 0 Å². The molecule has 0 unspecified atom stereocenters. The lowest BCUT2D eigenvalue weighted by Crippen LogP contribution is -2.51. The van der Waals surface area contributed by atoms with Crippen LogP contribution in [0.5, 0.6) is 0 Å². The molecule has 0 aromatic heterocycles. The molecule has 2 N–H and O–H groups in total. The third-order valence-electron chi connectivity index (χ3n) is 2.91. The number of hydrogen-bond acceptors (Lipinski definition) is 2. The molecule has 1 aromatic carbocycles. The zero-order valence-corrected chi connectivity index (χ0v) is 12.3. The van der Waals surface area contributed by atoms with Gasteiger partial charge in [-0.05, 0) is 45.5 Å². The van der Waals surface area contributed by atoms with Crippen LogP contribution in [0.15, 0.2) is 28.7 Å². The maximum atomic E-state index is 12.0. The third kappa shape index (κ3) is 3.82. The van der Waals surface area contributed by atoms with Crippen molar-refractivity contribution in [3.05, 3.63) is 34.3 Å². The molecule has 0 spiro atoms. The van der Waals surface area contributed by atoms with Gasteiger partial charge >= 0.3 is 0 Å². The van der Waals surface area contributed by atoms with Gasteiger partial charge < -0.3 is 10.6 Å². The molecule has 0 radical (unpaired) electrons. The van der Waals surface area contributed by atoms with Crippen LogP contribution in [0.2, 0.25) is 0 Å². The van der Waals surface area contributed by atoms with Gasteiger partial charge in [0.2, 0.25) is 5.91 Å². The minimum Gasteiger partial charge on any atom is -0.348 e. The predicted octanol–water partition coefficient (Wildman–Crippen LogP) is 2.62. The van der Waals surface area contributed by atoms with E-state index in [0.29, 0.717) is 0 Å². The molecule has 0 aliphatic rings. The standard InChI is InChI=1S/C13H19BrN2O/c1-9(10-5-7-11(14)8-6-10)16-12(17)13(2,3)15-4/h5-9,15H,1-4H3,(H,16,17)/t9-/m0/s1. The summed E-state index contributed by atoms with van der Waals surface area (Å²) in [5.41, 5.74) is 0.539. The molecule has 0 aliphatic heterocycles. The van der Waals surface area contributed by atoms with Crippen molar-refractivity contribution in [2.75, 3.05) is 7.05 Å². The fourth-order valence-corrected chi connectivity index (χ4v) is 1.59. The van der Waals surface area contributed by atoms with Crippen LogP contribution in [0.1, 0.15) is 32.4 Å². The third-order valence-corrected chi connectivity index (χ3v) is 3.44. The number of hydrogen-bond donors (Lipinski definition) is 2. The largest absolute Gasteiger partial charge is 0.348 e. The topological polar surface area (TPSA) is 41.1 Å². The van der Waals surface area contributed by atoms with Gasteiger partial charge in [0.1, 0.15) is 0 Å². The molecule has 94 valence electrons. The van der Waals surface area contributed by atoms with E-state index < -0.39 is 5.54 Å². The van der Waals surface area contributed by atoms with E-state index in [1.54, 1.807) is 7.05 Å². The lowest BCUT2D eigenvalue weighted by Gasteiger charge is -2.25. The van der Waals surface area contributed by atoms with Gasteiger partial charge in [0.05, 0.1) is 11.6 Å². The number of likely N-dealkylation sites (N-methyl/N-ethyl adjacent to an activating group) is 1. The summed E-state index contributed by atoms with van der Waals surface area (Å²) in [5.74, 6) is -0.00424. The molecule has 0 aliphatic carbocycles. The molecule has 0 fully saturated rings. The second-order valence-electron chi connectivity index (χ2n) is 4.62. The first-order chi connectivity index (χ1) is 7.86. The van der Waals surface area contributed by atoms with Gasteiger partial charge in [-0.3, -0.25) is 4.79 Å². The number of carbonyl (C=O) groups is 1. The zero-order valence-electron chi connectivity index (χ0n) is 10.7. The predicted molar refractivity (Wildman–Crippen MR) is 73.8 cm³/mol. The number of nitrogens with one attached hydrogen (secondary N) is 2. The molecule has 17 heavy (non-hydrogen) atoms. The van der Waals surface area contributed by atoms with Crippen molar-refractivity contribution in [1.82, 2.24) is 10.6 Å². The summed E-state index contributed by atoms with van der Waals surface area (Å²) in [6, 6.07) is 7.95. The lowest BCUT2D eigenvalue weighted by molar-refractivity contribution is -0.126. The van der Waals surface area contributed by atoms with Crippen LogP contribution in [-0.2, 0) is 4.79 Å². The maximum absolute atomic E-state index is 12.0. The zero-order chi connectivity index (χ0) is 13.1. The van der Waals surface area contributed by atoms with Gasteiger partial charge in [-0.1, -0.05) is 28.1 Å². The Kier molecular flexibility index (Phi) is 4.71. The summed E-state index contributed by atoms with van der Waals surface area (Å²) in [6.45, 7) is 5.69. The minimum atomic E-state index is -0.552. The van der Waals surface area contributed by atoms with Gasteiger partial charge in [-0.15, -0.1) is 0 Å². The van der Waals surface area contributed by atoms with Crippen LogP contribution in [-0.4, -0.2) is 18.5 Å². The summed E-state index contributed by atoms with van der Waals surface area (Å²) >= 11 is 3.39. The van der Waals surface area contributed by atoms with E-state index in [-0.39, 0.29) is 11.9 Å². The van der Waals surface area contributed by atoms with E-state index in [2.05, 4.69) is 26.6 Å². The fourth-order valence-electron chi connectivity index (χ4n) is 1.33. The van der Waals surface area contributed by atoms with Crippen molar-refractivity contribution in [2.45, 2.75) is 32.4 Å². The molecule has 0 bridgehead atoms. The van der Waals surface area contributed by atoms with E-state index in [1.807, 2.05) is 45.0 Å². The summed E-state index contributed by atoms with van der Waals surface area (Å²) in [5, 5.41) is 5.98. The normalized spacial score (nSPS) is 13.2. The molecule has 1 rings (SSSR count). The maximum Gasteiger partial charge on any atom is 0.240 e. The van der Waals surface area contributed by atoms with Gasteiger partial charge in [0, 0.05) is 4.47 Å². The molecule has 0 heterocycles. The van der Waals surface area contributed by atoms with E-state index in [1.165, 1.54) is 0 Å². The van der Waals surface area contributed by atoms with E-state index in [9.17, 15) is 4.79 Å². The Morgan fingerprint density at radius 3 is 2.29 bits per heavy atom. The van der Waals surface area contributed by atoms with Gasteiger partial charge in [-0.25, -0.2) is 0 Å². The highest BCUT2D eigenvalue weighted by molar-refractivity contribution is 9.10. The minimum absolute atomic E-state index is 0.00299. The molecule has 1 atom stereocenters. The summed E-state index contributed by atoms with van der Waals surface area (Å²) < 4.78 is 1.04. The highest BCUT2D eigenvalue weighted by Crippen LogP contribution is 2.17. The van der Waals surface area contributed by atoms with Crippen molar-refractivity contribution in [3.8, 4) is 0 Å². The Morgan fingerprint density at radius 1 is 1.29 bits per heavy atom. The van der Waals surface area contributed by atoms with Crippen molar-refractivity contribution < 1.29 is 4.79 Å². The highest BCUT2D eigenvalue weighted by Gasteiger charge is 2.26. The molecular formula is C13H19BrN2O. The second kappa shape index (κ2) is 5.65. The first-order valence-electron chi connectivity index (χ1n) is 5.62. The molecule has 1 amide bonds. The van der Waals surface area contributed by atoms with Gasteiger partial charge in [0.15, 0.2) is 0 Å². The van der Waals surface area contributed by atoms with Crippen LogP contribution in [0.25, 0.3) is 0 Å².